The predicted molar refractivity (Wildman–Crippen MR) is 115 cm³/mol. The Morgan fingerprint density at radius 3 is 2.57 bits per heavy atom. The third-order valence-electron chi connectivity index (χ3n) is 6.12. The molecule has 1 aliphatic heterocycles. The molecule has 0 amide bonds. The number of fused-ring (bicyclic) bond motifs is 1. The Morgan fingerprint density at radius 1 is 0.964 bits per heavy atom. The fourth-order valence-electron chi connectivity index (χ4n) is 4.45. The average Bonchev–Trinajstić information content (AvgIpc) is 3.41. The van der Waals surface area contributed by atoms with E-state index in [1.165, 1.54) is 23.1 Å². The summed E-state index contributed by atoms with van der Waals surface area (Å²) in [4.78, 5) is 4.86. The van der Waals surface area contributed by atoms with E-state index in [0.29, 0.717) is 12.5 Å². The van der Waals surface area contributed by atoms with Gasteiger partial charge in [-0.15, -0.1) is 0 Å². The summed E-state index contributed by atoms with van der Waals surface area (Å²) in [6, 6.07) is 19.9. The Hall–Kier alpha value is -2.81. The van der Waals surface area contributed by atoms with Crippen LogP contribution in [0.25, 0.3) is 0 Å². The first-order valence-electron chi connectivity index (χ1n) is 10.3. The van der Waals surface area contributed by atoms with Crippen LogP contribution in [-0.4, -0.2) is 12.0 Å². The van der Waals surface area contributed by atoms with Gasteiger partial charge < -0.3 is 10.6 Å². The normalized spacial score (nSPS) is 29.5. The van der Waals surface area contributed by atoms with Crippen LogP contribution in [-0.2, 0) is 6.54 Å². The van der Waals surface area contributed by atoms with Gasteiger partial charge in [-0.25, -0.2) is 4.99 Å². The number of allylic oxidation sites excluding steroid dienone is 3. The Labute approximate surface area is 167 Å². The maximum atomic E-state index is 4.86. The summed E-state index contributed by atoms with van der Waals surface area (Å²) in [6.07, 6.45) is 9.49. The molecule has 0 radical (unpaired) electrons. The molecule has 2 unspecified atom stereocenters. The molecule has 142 valence electrons. The van der Waals surface area contributed by atoms with Crippen molar-refractivity contribution < 1.29 is 0 Å². The highest BCUT2D eigenvalue weighted by atomic mass is 15.3. The molecule has 1 heterocycles. The zero-order valence-corrected chi connectivity index (χ0v) is 16.3. The van der Waals surface area contributed by atoms with E-state index in [9.17, 15) is 0 Å². The number of hydrogen-bond donors (Lipinski definition) is 2. The quantitative estimate of drug-likeness (QED) is 0.768. The molecule has 0 aromatic heterocycles. The second-order valence-corrected chi connectivity index (χ2v) is 8.18. The summed E-state index contributed by atoms with van der Waals surface area (Å²) >= 11 is 0. The number of aliphatic imine (C=N–C) groups is 1. The van der Waals surface area contributed by atoms with Gasteiger partial charge in [0.25, 0.3) is 0 Å². The van der Waals surface area contributed by atoms with Gasteiger partial charge in [0.2, 0.25) is 0 Å². The smallest absolute Gasteiger partial charge is 0.192 e. The molecule has 0 spiro atoms. The van der Waals surface area contributed by atoms with Crippen molar-refractivity contribution in [1.82, 2.24) is 10.6 Å². The molecule has 3 heteroatoms. The molecule has 1 saturated carbocycles. The lowest BCUT2D eigenvalue weighted by molar-refractivity contribution is 0.561. The monoisotopic (exact) mass is 369 g/mol. The molecule has 28 heavy (non-hydrogen) atoms. The second-order valence-electron chi connectivity index (χ2n) is 8.18. The van der Waals surface area contributed by atoms with Gasteiger partial charge in [0.1, 0.15) is 0 Å². The molecule has 2 aliphatic carbocycles. The number of hydrogen-bond acceptors (Lipinski definition) is 1. The number of nitrogens with one attached hydrogen (secondary N) is 2. The van der Waals surface area contributed by atoms with Crippen LogP contribution in [0.1, 0.15) is 35.6 Å². The lowest BCUT2D eigenvalue weighted by Crippen LogP contribution is -2.31. The molecule has 3 nitrogen and oxygen atoms in total. The van der Waals surface area contributed by atoms with Crippen LogP contribution < -0.4 is 10.6 Å². The van der Waals surface area contributed by atoms with Gasteiger partial charge in [0, 0.05) is 0 Å². The maximum Gasteiger partial charge on any atom is 0.192 e. The number of benzene rings is 2. The standard InChI is InChI=1S/C25H27N3/c1-17-11-13-18(14-12-17)16-26-25-27-23(19-7-3-2-4-8-19)24(28-25)21-10-6-5-9-20-15-22(20)21/h2-5,7-14,20,22-24H,6,15-16H2,1H3,(H2,26,27,28)/t20?,22?,23-,24+/m0/s1. The minimum absolute atomic E-state index is 0.226. The van der Waals surface area contributed by atoms with Crippen LogP contribution in [0, 0.1) is 18.8 Å². The summed E-state index contributed by atoms with van der Waals surface area (Å²) in [6.45, 7) is 2.81. The van der Waals surface area contributed by atoms with E-state index in [2.05, 4.69) is 90.4 Å². The van der Waals surface area contributed by atoms with Gasteiger partial charge in [0.05, 0.1) is 18.6 Å². The molecule has 2 fully saturated rings. The van der Waals surface area contributed by atoms with Gasteiger partial charge in [0.15, 0.2) is 5.96 Å². The van der Waals surface area contributed by atoms with Gasteiger partial charge in [-0.2, -0.15) is 0 Å². The number of rotatable bonds is 4. The Bertz CT molecular complexity index is 924. The fraction of sp³-hybridized carbons (Fsp3) is 0.320. The Balaban J connectivity index is 1.40. The zero-order chi connectivity index (χ0) is 18.9. The van der Waals surface area contributed by atoms with Crippen molar-refractivity contribution in [2.75, 3.05) is 0 Å². The summed E-state index contributed by atoms with van der Waals surface area (Å²) in [5.74, 6) is 2.34. The van der Waals surface area contributed by atoms with Crippen LogP contribution in [0.15, 0.2) is 83.4 Å². The van der Waals surface area contributed by atoms with Crippen molar-refractivity contribution >= 4 is 5.96 Å². The van der Waals surface area contributed by atoms with Crippen molar-refractivity contribution in [3.63, 3.8) is 0 Å². The number of nitrogens with zero attached hydrogens (tertiary/aromatic N) is 1. The van der Waals surface area contributed by atoms with Crippen molar-refractivity contribution in [2.45, 2.75) is 38.4 Å². The minimum Gasteiger partial charge on any atom is -0.347 e. The largest absolute Gasteiger partial charge is 0.347 e. The van der Waals surface area contributed by atoms with Crippen LogP contribution in [0.3, 0.4) is 0 Å². The molecule has 2 aromatic rings. The molecule has 2 N–H and O–H groups in total. The van der Waals surface area contributed by atoms with Crippen molar-refractivity contribution in [3.8, 4) is 0 Å². The highest BCUT2D eigenvalue weighted by Gasteiger charge is 2.45. The summed E-state index contributed by atoms with van der Waals surface area (Å²) in [5.41, 5.74) is 5.39. The van der Waals surface area contributed by atoms with Crippen LogP contribution in [0.4, 0.5) is 0 Å². The van der Waals surface area contributed by atoms with Gasteiger partial charge in [-0.1, -0.05) is 78.4 Å². The van der Waals surface area contributed by atoms with E-state index in [1.807, 2.05) is 0 Å². The van der Waals surface area contributed by atoms with E-state index in [4.69, 9.17) is 4.99 Å². The lowest BCUT2D eigenvalue weighted by atomic mass is 9.91. The zero-order valence-electron chi connectivity index (χ0n) is 16.3. The van der Waals surface area contributed by atoms with Crippen LogP contribution in [0.2, 0.25) is 0 Å². The van der Waals surface area contributed by atoms with Crippen molar-refractivity contribution in [2.24, 2.45) is 16.8 Å². The first kappa shape index (κ1) is 17.3. The molecular formula is C25H27N3. The third kappa shape index (κ3) is 3.49. The van der Waals surface area contributed by atoms with Crippen LogP contribution in [0.5, 0.6) is 0 Å². The van der Waals surface area contributed by atoms with E-state index >= 15 is 0 Å². The predicted octanol–water partition coefficient (Wildman–Crippen LogP) is 4.68. The van der Waals surface area contributed by atoms with Gasteiger partial charge >= 0.3 is 0 Å². The molecule has 1 saturated heterocycles. The number of aryl methyl sites for hydroxylation is 1. The lowest BCUT2D eigenvalue weighted by Gasteiger charge is -2.22. The molecule has 3 aliphatic rings. The first-order chi connectivity index (χ1) is 13.8. The highest BCUT2D eigenvalue weighted by Crippen LogP contribution is 2.49. The first-order valence-corrected chi connectivity index (χ1v) is 10.3. The van der Waals surface area contributed by atoms with E-state index in [-0.39, 0.29) is 12.1 Å². The van der Waals surface area contributed by atoms with Crippen molar-refractivity contribution in [3.05, 3.63) is 95.1 Å². The minimum atomic E-state index is 0.226. The maximum absolute atomic E-state index is 4.86. The molecule has 4 atom stereocenters. The third-order valence-corrected chi connectivity index (χ3v) is 6.12. The van der Waals surface area contributed by atoms with E-state index < -0.39 is 0 Å². The molecule has 5 rings (SSSR count). The highest BCUT2D eigenvalue weighted by molar-refractivity contribution is 5.84. The number of guanidine groups is 1. The fourth-order valence-corrected chi connectivity index (χ4v) is 4.45. The molecular weight excluding hydrogens is 342 g/mol. The van der Waals surface area contributed by atoms with Gasteiger partial charge in [-0.05, 0) is 48.3 Å². The Kier molecular flexibility index (Phi) is 4.52. The summed E-state index contributed by atoms with van der Waals surface area (Å²) in [7, 11) is 0. The van der Waals surface area contributed by atoms with Crippen molar-refractivity contribution in [1.29, 1.82) is 0 Å². The molecule has 2 aromatic carbocycles. The topological polar surface area (TPSA) is 36.4 Å². The second kappa shape index (κ2) is 7.31. The van der Waals surface area contributed by atoms with Gasteiger partial charge in [-0.3, -0.25) is 0 Å². The van der Waals surface area contributed by atoms with E-state index in [1.54, 1.807) is 5.57 Å². The average molecular weight is 370 g/mol. The van der Waals surface area contributed by atoms with E-state index in [0.717, 1.165) is 18.3 Å². The molecule has 0 bridgehead atoms. The summed E-state index contributed by atoms with van der Waals surface area (Å²) < 4.78 is 0. The van der Waals surface area contributed by atoms with Crippen LogP contribution >= 0.6 is 0 Å². The SMILES string of the molecule is Cc1ccc(CN=C2N[C@H](C3=CCC=CC4CC34)[C@H](c3ccccc3)N2)cc1. The summed E-state index contributed by atoms with van der Waals surface area (Å²) in [5, 5.41) is 7.39. The Morgan fingerprint density at radius 2 is 1.75 bits per heavy atom.